The highest BCUT2D eigenvalue weighted by molar-refractivity contribution is 7.15. The van der Waals surface area contributed by atoms with Crippen LogP contribution in [0, 0.1) is 13.8 Å². The molecule has 18 heavy (non-hydrogen) atoms. The fourth-order valence-electron chi connectivity index (χ4n) is 2.11. The van der Waals surface area contributed by atoms with E-state index >= 15 is 0 Å². The molecule has 5 nitrogen and oxygen atoms in total. The van der Waals surface area contributed by atoms with Crippen molar-refractivity contribution in [1.82, 2.24) is 19.2 Å². The Hall–Kier alpha value is -1.82. The second-order valence-electron chi connectivity index (χ2n) is 4.35. The molecule has 1 N–H and O–H groups in total. The van der Waals surface area contributed by atoms with Crippen LogP contribution >= 0.6 is 11.3 Å². The molecule has 0 atom stereocenters. The summed E-state index contributed by atoms with van der Waals surface area (Å²) in [7, 11) is 1.93. The Labute approximate surface area is 109 Å². The van der Waals surface area contributed by atoms with Crippen LogP contribution in [0.15, 0.2) is 17.8 Å². The Balaban J connectivity index is 1.86. The Kier molecular flexibility index (Phi) is 2.59. The Morgan fingerprint density at radius 1 is 1.33 bits per heavy atom. The fraction of sp³-hybridized carbons (Fsp3) is 0.333. The van der Waals surface area contributed by atoms with Crippen LogP contribution in [0.5, 0.6) is 0 Å². The van der Waals surface area contributed by atoms with Crippen molar-refractivity contribution < 1.29 is 0 Å². The van der Waals surface area contributed by atoms with Gasteiger partial charge in [-0.1, -0.05) is 0 Å². The molecule has 0 aliphatic rings. The van der Waals surface area contributed by atoms with E-state index in [-0.39, 0.29) is 0 Å². The average Bonchev–Trinajstić information content (AvgIpc) is 2.93. The molecule has 0 saturated carbocycles. The molecule has 3 rings (SSSR count). The number of fused-ring (bicyclic) bond motifs is 1. The molecule has 0 unspecified atom stereocenters. The largest absolute Gasteiger partial charge is 0.377 e. The number of anilines is 1. The maximum absolute atomic E-state index is 4.53. The van der Waals surface area contributed by atoms with Crippen molar-refractivity contribution in [3.05, 3.63) is 34.9 Å². The third kappa shape index (κ3) is 1.78. The molecule has 0 radical (unpaired) electrons. The van der Waals surface area contributed by atoms with Crippen molar-refractivity contribution >= 4 is 22.0 Å². The molecule has 0 amide bonds. The summed E-state index contributed by atoms with van der Waals surface area (Å²) in [5, 5.41) is 9.80. The third-order valence-corrected chi connectivity index (χ3v) is 3.78. The number of thiazole rings is 1. The fourth-order valence-corrected chi connectivity index (χ4v) is 2.88. The molecule has 3 heterocycles. The van der Waals surface area contributed by atoms with E-state index < -0.39 is 0 Å². The number of hydrogen-bond acceptors (Lipinski definition) is 4. The van der Waals surface area contributed by atoms with Crippen LogP contribution in [0.25, 0.3) is 4.96 Å². The van der Waals surface area contributed by atoms with Crippen molar-refractivity contribution in [2.45, 2.75) is 20.4 Å². The van der Waals surface area contributed by atoms with Gasteiger partial charge in [0.25, 0.3) is 0 Å². The van der Waals surface area contributed by atoms with Crippen LogP contribution in [0.1, 0.15) is 17.1 Å². The third-order valence-electron chi connectivity index (χ3n) is 3.02. The van der Waals surface area contributed by atoms with E-state index in [4.69, 9.17) is 0 Å². The number of aromatic nitrogens is 4. The van der Waals surface area contributed by atoms with Gasteiger partial charge in [0.05, 0.1) is 29.3 Å². The number of imidazole rings is 1. The van der Waals surface area contributed by atoms with E-state index in [1.54, 1.807) is 11.3 Å². The predicted octanol–water partition coefficient (Wildman–Crippen LogP) is 2.36. The van der Waals surface area contributed by atoms with Crippen molar-refractivity contribution in [2.24, 2.45) is 7.05 Å². The first-order valence-corrected chi connectivity index (χ1v) is 6.68. The van der Waals surface area contributed by atoms with Gasteiger partial charge in [-0.3, -0.25) is 9.08 Å². The van der Waals surface area contributed by atoms with Gasteiger partial charge in [0.15, 0.2) is 4.96 Å². The van der Waals surface area contributed by atoms with E-state index in [9.17, 15) is 0 Å². The van der Waals surface area contributed by atoms with Crippen LogP contribution in [-0.2, 0) is 13.6 Å². The molecule has 3 aromatic heterocycles. The normalized spacial score (nSPS) is 11.3. The van der Waals surface area contributed by atoms with Gasteiger partial charge < -0.3 is 5.32 Å². The van der Waals surface area contributed by atoms with Gasteiger partial charge in [-0.05, 0) is 13.8 Å². The van der Waals surface area contributed by atoms with Crippen LogP contribution in [0.4, 0.5) is 5.69 Å². The molecule has 0 aliphatic heterocycles. The standard InChI is InChI=1S/C12H15N5S/c1-8-10(7-16(3)15-8)13-6-11-9(2)14-12-17(11)4-5-18-12/h4-5,7,13H,6H2,1-3H3. The first-order chi connectivity index (χ1) is 8.65. The molecule has 0 aromatic carbocycles. The maximum Gasteiger partial charge on any atom is 0.194 e. The summed E-state index contributed by atoms with van der Waals surface area (Å²) in [4.78, 5) is 5.58. The zero-order valence-corrected chi connectivity index (χ0v) is 11.5. The lowest BCUT2D eigenvalue weighted by atomic mass is 10.3. The van der Waals surface area contributed by atoms with Gasteiger partial charge in [-0.25, -0.2) is 4.98 Å². The summed E-state index contributed by atoms with van der Waals surface area (Å²) in [6.45, 7) is 4.81. The summed E-state index contributed by atoms with van der Waals surface area (Å²) in [6, 6.07) is 0. The number of nitrogens with one attached hydrogen (secondary N) is 1. The maximum atomic E-state index is 4.53. The molecular weight excluding hydrogens is 246 g/mol. The van der Waals surface area contributed by atoms with E-state index in [1.165, 1.54) is 5.69 Å². The predicted molar refractivity (Wildman–Crippen MR) is 73.1 cm³/mol. The Bertz CT molecular complexity index is 691. The average molecular weight is 261 g/mol. The van der Waals surface area contributed by atoms with Gasteiger partial charge in [0.2, 0.25) is 0 Å². The molecular formula is C12H15N5S. The second kappa shape index (κ2) is 4.13. The van der Waals surface area contributed by atoms with E-state index in [0.717, 1.165) is 28.6 Å². The highest BCUT2D eigenvalue weighted by Gasteiger charge is 2.10. The summed E-state index contributed by atoms with van der Waals surface area (Å²) in [6.07, 6.45) is 4.06. The van der Waals surface area contributed by atoms with Crippen molar-refractivity contribution in [3.8, 4) is 0 Å². The second-order valence-corrected chi connectivity index (χ2v) is 5.23. The number of hydrogen-bond donors (Lipinski definition) is 1. The Morgan fingerprint density at radius 2 is 2.17 bits per heavy atom. The number of nitrogens with zero attached hydrogens (tertiary/aromatic N) is 4. The first kappa shape index (κ1) is 11.3. The van der Waals surface area contributed by atoms with Crippen molar-refractivity contribution in [3.63, 3.8) is 0 Å². The van der Waals surface area contributed by atoms with E-state index in [1.807, 2.05) is 31.8 Å². The minimum absolute atomic E-state index is 0.760. The summed E-state index contributed by atoms with van der Waals surface area (Å²) < 4.78 is 3.96. The minimum atomic E-state index is 0.760. The number of rotatable bonds is 3. The van der Waals surface area contributed by atoms with Crippen molar-refractivity contribution in [2.75, 3.05) is 5.32 Å². The molecule has 0 fully saturated rings. The van der Waals surface area contributed by atoms with Gasteiger partial charge in [-0.15, -0.1) is 11.3 Å². The Morgan fingerprint density at radius 3 is 2.89 bits per heavy atom. The lowest BCUT2D eigenvalue weighted by Gasteiger charge is -2.04. The van der Waals surface area contributed by atoms with E-state index in [0.29, 0.717) is 0 Å². The highest BCUT2D eigenvalue weighted by atomic mass is 32.1. The summed E-state index contributed by atoms with van der Waals surface area (Å²) in [5.74, 6) is 0. The number of aryl methyl sites for hydroxylation is 3. The minimum Gasteiger partial charge on any atom is -0.377 e. The SMILES string of the molecule is Cc1nn(C)cc1NCc1c(C)nc2sccn12. The van der Waals surface area contributed by atoms with Crippen LogP contribution in [0.3, 0.4) is 0 Å². The van der Waals surface area contributed by atoms with Gasteiger partial charge in [-0.2, -0.15) is 5.10 Å². The quantitative estimate of drug-likeness (QED) is 0.787. The zero-order valence-electron chi connectivity index (χ0n) is 10.6. The molecule has 0 saturated heterocycles. The van der Waals surface area contributed by atoms with Gasteiger partial charge >= 0.3 is 0 Å². The zero-order chi connectivity index (χ0) is 12.7. The molecule has 3 aromatic rings. The lowest BCUT2D eigenvalue weighted by Crippen LogP contribution is -2.03. The lowest BCUT2D eigenvalue weighted by molar-refractivity contribution is 0.756. The van der Waals surface area contributed by atoms with Crippen LogP contribution in [-0.4, -0.2) is 19.2 Å². The monoisotopic (exact) mass is 261 g/mol. The smallest absolute Gasteiger partial charge is 0.194 e. The molecule has 0 bridgehead atoms. The molecule has 94 valence electrons. The van der Waals surface area contributed by atoms with Gasteiger partial charge in [0, 0.05) is 24.8 Å². The topological polar surface area (TPSA) is 47.2 Å². The van der Waals surface area contributed by atoms with E-state index in [2.05, 4.69) is 31.4 Å². The molecule has 6 heteroatoms. The molecule has 0 spiro atoms. The molecule has 0 aliphatic carbocycles. The van der Waals surface area contributed by atoms with Crippen LogP contribution in [0.2, 0.25) is 0 Å². The first-order valence-electron chi connectivity index (χ1n) is 5.80. The highest BCUT2D eigenvalue weighted by Crippen LogP contribution is 2.19. The van der Waals surface area contributed by atoms with Crippen molar-refractivity contribution in [1.29, 1.82) is 0 Å². The van der Waals surface area contributed by atoms with Crippen LogP contribution < -0.4 is 5.32 Å². The summed E-state index contributed by atoms with van der Waals surface area (Å²) >= 11 is 1.66. The van der Waals surface area contributed by atoms with Gasteiger partial charge in [0.1, 0.15) is 0 Å². The summed E-state index contributed by atoms with van der Waals surface area (Å²) in [5.41, 5.74) is 4.37.